The van der Waals surface area contributed by atoms with E-state index in [0.717, 1.165) is 37.7 Å². The van der Waals surface area contributed by atoms with Gasteiger partial charge in [0.1, 0.15) is 23.9 Å². The van der Waals surface area contributed by atoms with Gasteiger partial charge in [-0.25, -0.2) is 0 Å². The molecule has 13 heteroatoms. The average molecular weight is 607 g/mol. The van der Waals surface area contributed by atoms with E-state index in [4.69, 9.17) is 16.2 Å². The first-order valence-electron chi connectivity index (χ1n) is 14.4. The number of ether oxygens (including phenoxy) is 1. The van der Waals surface area contributed by atoms with Crippen molar-refractivity contribution in [1.29, 1.82) is 0 Å². The fourth-order valence-corrected chi connectivity index (χ4v) is 5.31. The molecule has 0 heterocycles. The topological polar surface area (TPSA) is 195 Å². The van der Waals surface area contributed by atoms with E-state index in [9.17, 15) is 24.0 Å². The van der Waals surface area contributed by atoms with Crippen LogP contribution in [0, 0.1) is 5.92 Å². The van der Waals surface area contributed by atoms with Gasteiger partial charge in [0.2, 0.25) is 29.5 Å². The molecular weight excluding hydrogens is 560 g/mol. The number of nitrogens with two attached hydrogens (primary N) is 2. The van der Waals surface area contributed by atoms with Crippen LogP contribution in [-0.4, -0.2) is 79.4 Å². The molecule has 5 amide bonds. The molecule has 42 heavy (non-hydrogen) atoms. The summed E-state index contributed by atoms with van der Waals surface area (Å²) >= 11 is 1.53. The molecule has 4 atom stereocenters. The van der Waals surface area contributed by atoms with Gasteiger partial charge in [0.05, 0.1) is 19.7 Å². The fraction of sp³-hybridized carbons (Fsp3) is 0.621. The zero-order valence-corrected chi connectivity index (χ0v) is 25.6. The Labute approximate surface area is 252 Å². The standard InChI is InChI=1S/C29H46N6O6S/c1-18(33-28(39)22(30)15-20-9-11-21(41-2)12-10-20)27(38)32-17-25(36)34-24(16-19-7-5-4-6-8-19)29(40)35-23(26(31)37)13-14-42-3/h9-12,18-19,22-24H,4-8,13-17,30H2,1-3H3,(H2,31,37)(H,32,38)(H,33,39)(H,34,36)(H,35,40)/t18-,22-,23-,24-/m0/s1. The van der Waals surface area contributed by atoms with Crippen LogP contribution in [0.4, 0.5) is 0 Å². The summed E-state index contributed by atoms with van der Waals surface area (Å²) in [6.45, 7) is 1.10. The van der Waals surface area contributed by atoms with E-state index in [1.165, 1.54) is 18.7 Å². The number of thioether (sulfide) groups is 1. The largest absolute Gasteiger partial charge is 0.497 e. The molecule has 12 nitrogen and oxygen atoms in total. The molecule has 1 aromatic rings. The minimum Gasteiger partial charge on any atom is -0.497 e. The highest BCUT2D eigenvalue weighted by atomic mass is 32.2. The molecule has 0 spiro atoms. The maximum atomic E-state index is 13.1. The summed E-state index contributed by atoms with van der Waals surface area (Å²) in [4.78, 5) is 62.9. The summed E-state index contributed by atoms with van der Waals surface area (Å²) in [6, 6.07) is 3.62. The van der Waals surface area contributed by atoms with E-state index in [-0.39, 0.29) is 12.3 Å². The van der Waals surface area contributed by atoms with E-state index in [1.807, 2.05) is 6.26 Å². The molecule has 234 valence electrons. The van der Waals surface area contributed by atoms with Crippen molar-refractivity contribution in [3.05, 3.63) is 29.8 Å². The van der Waals surface area contributed by atoms with Crippen molar-refractivity contribution in [2.75, 3.05) is 25.7 Å². The molecule has 0 radical (unpaired) electrons. The van der Waals surface area contributed by atoms with Gasteiger partial charge in [-0.2, -0.15) is 11.8 Å². The third-order valence-corrected chi connectivity index (χ3v) is 7.99. The van der Waals surface area contributed by atoms with Crippen molar-refractivity contribution in [3.8, 4) is 5.75 Å². The maximum Gasteiger partial charge on any atom is 0.243 e. The van der Waals surface area contributed by atoms with E-state index in [2.05, 4.69) is 21.3 Å². The minimum atomic E-state index is -0.943. The number of primary amides is 1. The van der Waals surface area contributed by atoms with E-state index >= 15 is 0 Å². The third-order valence-electron chi connectivity index (χ3n) is 7.34. The van der Waals surface area contributed by atoms with Gasteiger partial charge in [-0.3, -0.25) is 24.0 Å². The summed E-state index contributed by atoms with van der Waals surface area (Å²) in [5, 5.41) is 10.5. The van der Waals surface area contributed by atoms with Gasteiger partial charge in [0.25, 0.3) is 0 Å². The second kappa shape index (κ2) is 18.3. The summed E-state index contributed by atoms with van der Waals surface area (Å²) in [5.41, 5.74) is 12.3. The van der Waals surface area contributed by atoms with Crippen LogP contribution in [0.5, 0.6) is 5.75 Å². The van der Waals surface area contributed by atoms with Gasteiger partial charge < -0.3 is 37.5 Å². The van der Waals surface area contributed by atoms with Crippen molar-refractivity contribution in [2.45, 2.75) is 82.5 Å². The number of carbonyl (C=O) groups is 5. The second-order valence-corrected chi connectivity index (χ2v) is 11.7. The predicted molar refractivity (Wildman–Crippen MR) is 163 cm³/mol. The number of methoxy groups -OCH3 is 1. The first-order valence-corrected chi connectivity index (χ1v) is 15.8. The van der Waals surface area contributed by atoms with Gasteiger partial charge in [0, 0.05) is 0 Å². The fourth-order valence-electron chi connectivity index (χ4n) is 4.84. The Morgan fingerprint density at radius 3 is 2.21 bits per heavy atom. The molecule has 1 aliphatic carbocycles. The number of amides is 5. The molecule has 0 aliphatic heterocycles. The van der Waals surface area contributed by atoms with Crippen LogP contribution in [0.1, 0.15) is 57.4 Å². The van der Waals surface area contributed by atoms with Crippen LogP contribution in [-0.2, 0) is 30.4 Å². The number of carbonyl (C=O) groups excluding carboxylic acids is 5. The molecular formula is C29H46N6O6S. The first-order chi connectivity index (χ1) is 20.0. The summed E-state index contributed by atoms with van der Waals surface area (Å²) in [5.74, 6) is -1.16. The molecule has 1 aliphatic rings. The zero-order chi connectivity index (χ0) is 31.1. The minimum absolute atomic E-state index is 0.264. The first kappa shape index (κ1) is 34.9. The van der Waals surface area contributed by atoms with E-state index < -0.39 is 60.2 Å². The molecule has 1 aromatic carbocycles. The lowest BCUT2D eigenvalue weighted by Crippen LogP contribution is -2.55. The zero-order valence-electron chi connectivity index (χ0n) is 24.8. The quantitative estimate of drug-likeness (QED) is 0.146. The van der Waals surface area contributed by atoms with Gasteiger partial charge in [-0.1, -0.05) is 44.2 Å². The average Bonchev–Trinajstić information content (AvgIpc) is 2.98. The Hall–Kier alpha value is -3.32. The highest BCUT2D eigenvalue weighted by Crippen LogP contribution is 2.27. The molecule has 0 bridgehead atoms. The van der Waals surface area contributed by atoms with Crippen molar-refractivity contribution in [3.63, 3.8) is 0 Å². The molecule has 8 N–H and O–H groups in total. The van der Waals surface area contributed by atoms with Crippen molar-refractivity contribution < 1.29 is 28.7 Å². The van der Waals surface area contributed by atoms with Crippen LogP contribution in [0.25, 0.3) is 0 Å². The number of hydrogen-bond acceptors (Lipinski definition) is 8. The smallest absolute Gasteiger partial charge is 0.243 e. The predicted octanol–water partition coefficient (Wildman–Crippen LogP) is 0.364. The lowest BCUT2D eigenvalue weighted by atomic mass is 9.84. The van der Waals surface area contributed by atoms with Gasteiger partial charge in [-0.05, 0) is 61.8 Å². The van der Waals surface area contributed by atoms with Crippen molar-refractivity contribution >= 4 is 41.3 Å². The van der Waals surface area contributed by atoms with Crippen LogP contribution >= 0.6 is 11.8 Å². The Morgan fingerprint density at radius 1 is 0.952 bits per heavy atom. The Balaban J connectivity index is 1.89. The van der Waals surface area contributed by atoms with E-state index in [1.54, 1.807) is 31.4 Å². The lowest BCUT2D eigenvalue weighted by molar-refractivity contribution is -0.132. The van der Waals surface area contributed by atoms with Gasteiger partial charge >= 0.3 is 0 Å². The summed E-state index contributed by atoms with van der Waals surface area (Å²) in [7, 11) is 1.56. The number of benzene rings is 1. The van der Waals surface area contributed by atoms with Crippen LogP contribution in [0.3, 0.4) is 0 Å². The molecule has 1 saturated carbocycles. The van der Waals surface area contributed by atoms with Gasteiger partial charge in [-0.15, -0.1) is 0 Å². The normalized spacial score (nSPS) is 16.3. The highest BCUT2D eigenvalue weighted by molar-refractivity contribution is 7.98. The molecule has 1 fully saturated rings. The van der Waals surface area contributed by atoms with Crippen LogP contribution in [0.2, 0.25) is 0 Å². The van der Waals surface area contributed by atoms with Crippen molar-refractivity contribution in [2.24, 2.45) is 17.4 Å². The maximum absolute atomic E-state index is 13.1. The summed E-state index contributed by atoms with van der Waals surface area (Å²) < 4.78 is 5.12. The highest BCUT2D eigenvalue weighted by Gasteiger charge is 2.29. The summed E-state index contributed by atoms with van der Waals surface area (Å²) in [6.07, 6.45) is 8.16. The molecule has 0 unspecified atom stereocenters. The number of nitrogens with one attached hydrogen (secondary N) is 4. The Bertz CT molecular complexity index is 1050. The second-order valence-electron chi connectivity index (χ2n) is 10.7. The van der Waals surface area contributed by atoms with Crippen molar-refractivity contribution in [1.82, 2.24) is 21.3 Å². The molecule has 0 aromatic heterocycles. The number of hydrogen-bond donors (Lipinski definition) is 6. The monoisotopic (exact) mass is 606 g/mol. The Kier molecular flexibility index (Phi) is 15.2. The van der Waals surface area contributed by atoms with Crippen LogP contribution in [0.15, 0.2) is 24.3 Å². The van der Waals surface area contributed by atoms with Crippen LogP contribution < -0.4 is 37.5 Å². The van der Waals surface area contributed by atoms with Gasteiger partial charge in [0.15, 0.2) is 0 Å². The number of rotatable bonds is 17. The van der Waals surface area contributed by atoms with E-state index in [0.29, 0.717) is 24.3 Å². The molecule has 0 saturated heterocycles. The Morgan fingerprint density at radius 2 is 1.62 bits per heavy atom. The lowest BCUT2D eigenvalue weighted by Gasteiger charge is -2.28. The molecule has 2 rings (SSSR count). The third kappa shape index (κ3) is 12.3. The SMILES string of the molecule is COc1ccc(C[C@H](N)C(=O)N[C@@H](C)C(=O)NCC(=O)N[C@@H](CC2CCCCC2)C(=O)N[C@@H](CCSC)C(N)=O)cc1.